The maximum atomic E-state index is 13.5. The normalized spacial score (nSPS) is 15.4. The highest BCUT2D eigenvalue weighted by molar-refractivity contribution is 5.99. The molecular weight excluding hydrogens is 380 g/mol. The van der Waals surface area contributed by atoms with Crippen LogP contribution < -0.4 is 10.1 Å². The van der Waals surface area contributed by atoms with E-state index in [2.05, 4.69) is 12.2 Å². The van der Waals surface area contributed by atoms with E-state index >= 15 is 0 Å². The second-order valence-electron chi connectivity index (χ2n) is 8.19. The van der Waals surface area contributed by atoms with Gasteiger partial charge < -0.3 is 10.1 Å². The number of anilines is 1. The van der Waals surface area contributed by atoms with Gasteiger partial charge in [0.1, 0.15) is 5.75 Å². The molecule has 0 bridgehead atoms. The van der Waals surface area contributed by atoms with Gasteiger partial charge in [0, 0.05) is 17.8 Å². The van der Waals surface area contributed by atoms with Crippen LogP contribution in [0.2, 0.25) is 0 Å². The number of benzene rings is 2. The second kappa shape index (κ2) is 9.28. The number of nitro benzene ring substituents is 1. The van der Waals surface area contributed by atoms with E-state index in [1.54, 1.807) is 12.1 Å². The van der Waals surface area contributed by atoms with Crippen molar-refractivity contribution in [3.8, 4) is 5.75 Å². The van der Waals surface area contributed by atoms with Crippen LogP contribution in [0.4, 0.5) is 11.4 Å². The Bertz CT molecular complexity index is 892. The van der Waals surface area contributed by atoms with Gasteiger partial charge in [-0.2, -0.15) is 0 Å². The van der Waals surface area contributed by atoms with E-state index < -0.39 is 10.3 Å². The fourth-order valence-corrected chi connectivity index (χ4v) is 4.41. The quantitative estimate of drug-likeness (QED) is 0.459. The number of nitrogens with one attached hydrogen (secondary N) is 1. The molecule has 3 rings (SSSR count). The number of nitro groups is 1. The summed E-state index contributed by atoms with van der Waals surface area (Å²) in [6, 6.07) is 10.4. The molecule has 0 spiro atoms. The zero-order valence-electron chi connectivity index (χ0n) is 18.0. The van der Waals surface area contributed by atoms with E-state index in [0.717, 1.165) is 66.7 Å². The van der Waals surface area contributed by atoms with Gasteiger partial charge in [-0.1, -0.05) is 38.3 Å². The van der Waals surface area contributed by atoms with Crippen molar-refractivity contribution in [2.45, 2.75) is 64.7 Å². The minimum atomic E-state index is -0.660. The van der Waals surface area contributed by atoms with E-state index in [4.69, 9.17) is 4.74 Å². The first-order chi connectivity index (χ1) is 14.4. The molecule has 0 heterocycles. The lowest BCUT2D eigenvalue weighted by atomic mass is 9.68. The Balaban J connectivity index is 1.88. The van der Waals surface area contributed by atoms with Gasteiger partial charge in [0.15, 0.2) is 0 Å². The lowest BCUT2D eigenvalue weighted by Crippen LogP contribution is -2.42. The molecule has 2 aromatic rings. The third-order valence-electron chi connectivity index (χ3n) is 5.94. The fraction of sp³-hybridized carbons (Fsp3) is 0.458. The summed E-state index contributed by atoms with van der Waals surface area (Å²) < 4.78 is 5.84. The molecule has 1 aliphatic rings. The molecule has 160 valence electrons. The van der Waals surface area contributed by atoms with Crippen LogP contribution in [0.3, 0.4) is 0 Å². The number of aryl methyl sites for hydroxylation is 2. The molecule has 1 aliphatic carbocycles. The topological polar surface area (TPSA) is 81.5 Å². The van der Waals surface area contributed by atoms with Crippen LogP contribution >= 0.6 is 0 Å². The highest BCUT2D eigenvalue weighted by atomic mass is 16.6. The summed E-state index contributed by atoms with van der Waals surface area (Å²) in [5.74, 6) is 0.828. The molecule has 6 nitrogen and oxygen atoms in total. The van der Waals surface area contributed by atoms with Crippen LogP contribution in [-0.4, -0.2) is 17.4 Å². The molecule has 0 radical (unpaired) electrons. The molecule has 0 unspecified atom stereocenters. The van der Waals surface area contributed by atoms with Gasteiger partial charge in [-0.15, -0.1) is 0 Å². The number of carbonyl (C=O) groups is 1. The lowest BCUT2D eigenvalue weighted by molar-refractivity contribution is -0.384. The number of hydrogen-bond donors (Lipinski definition) is 1. The summed E-state index contributed by atoms with van der Waals surface area (Å²) in [6.07, 6.45) is 5.45. The number of carbonyl (C=O) groups excluding carboxylic acids is 1. The Labute approximate surface area is 177 Å². The van der Waals surface area contributed by atoms with Crippen molar-refractivity contribution in [3.63, 3.8) is 0 Å². The molecule has 0 aromatic heterocycles. The highest BCUT2D eigenvalue weighted by Gasteiger charge is 2.41. The predicted octanol–water partition coefficient (Wildman–Crippen LogP) is 5.84. The Morgan fingerprint density at radius 1 is 1.10 bits per heavy atom. The fourth-order valence-electron chi connectivity index (χ4n) is 4.41. The molecule has 1 fully saturated rings. The van der Waals surface area contributed by atoms with Gasteiger partial charge in [-0.05, 0) is 61.9 Å². The molecule has 1 saturated carbocycles. The number of amides is 1. The van der Waals surface area contributed by atoms with E-state index in [9.17, 15) is 14.9 Å². The summed E-state index contributed by atoms with van der Waals surface area (Å²) >= 11 is 0. The average molecular weight is 411 g/mol. The van der Waals surface area contributed by atoms with Crippen molar-refractivity contribution >= 4 is 17.3 Å². The summed E-state index contributed by atoms with van der Waals surface area (Å²) in [5.41, 5.74) is 2.97. The van der Waals surface area contributed by atoms with Gasteiger partial charge in [0.2, 0.25) is 5.91 Å². The van der Waals surface area contributed by atoms with Crippen LogP contribution in [0.15, 0.2) is 36.4 Å². The van der Waals surface area contributed by atoms with Gasteiger partial charge >= 0.3 is 0 Å². The van der Waals surface area contributed by atoms with Crippen molar-refractivity contribution in [2.75, 3.05) is 11.9 Å². The van der Waals surface area contributed by atoms with Crippen molar-refractivity contribution < 1.29 is 14.5 Å². The average Bonchev–Trinajstić information content (AvgIpc) is 2.73. The summed E-state index contributed by atoms with van der Waals surface area (Å²) in [4.78, 5) is 24.1. The summed E-state index contributed by atoms with van der Waals surface area (Å²) in [7, 11) is 0. The van der Waals surface area contributed by atoms with Crippen LogP contribution in [0.5, 0.6) is 5.75 Å². The zero-order chi connectivity index (χ0) is 21.7. The predicted molar refractivity (Wildman–Crippen MR) is 118 cm³/mol. The Hall–Kier alpha value is -2.89. The number of non-ortho nitro benzene ring substituents is 1. The first kappa shape index (κ1) is 21.8. The SMILES string of the molecule is CCCOc1c(C)cc(NC(=O)C2(c3ccc([N+](=O)[O-])cc3)CCCCC2)cc1C. The largest absolute Gasteiger partial charge is 0.493 e. The van der Waals surface area contributed by atoms with Gasteiger partial charge in [-0.3, -0.25) is 14.9 Å². The molecule has 1 amide bonds. The van der Waals surface area contributed by atoms with E-state index in [1.807, 2.05) is 26.0 Å². The first-order valence-electron chi connectivity index (χ1n) is 10.7. The van der Waals surface area contributed by atoms with E-state index in [0.29, 0.717) is 6.61 Å². The molecule has 6 heteroatoms. The Kier molecular flexibility index (Phi) is 6.75. The molecule has 30 heavy (non-hydrogen) atoms. The van der Waals surface area contributed by atoms with Gasteiger partial charge in [0.25, 0.3) is 5.69 Å². The van der Waals surface area contributed by atoms with Crippen molar-refractivity contribution in [2.24, 2.45) is 0 Å². The van der Waals surface area contributed by atoms with E-state index in [-0.39, 0.29) is 11.6 Å². The van der Waals surface area contributed by atoms with Crippen LogP contribution in [-0.2, 0) is 10.2 Å². The summed E-state index contributed by atoms with van der Waals surface area (Å²) in [6.45, 7) is 6.71. The lowest BCUT2D eigenvalue weighted by Gasteiger charge is -2.36. The highest BCUT2D eigenvalue weighted by Crippen LogP contribution is 2.41. The smallest absolute Gasteiger partial charge is 0.269 e. The molecule has 0 aliphatic heterocycles. The zero-order valence-corrected chi connectivity index (χ0v) is 18.0. The van der Waals surface area contributed by atoms with Crippen molar-refractivity contribution in [3.05, 3.63) is 63.2 Å². The van der Waals surface area contributed by atoms with E-state index in [1.165, 1.54) is 12.1 Å². The maximum Gasteiger partial charge on any atom is 0.269 e. The molecule has 2 aromatic carbocycles. The Morgan fingerprint density at radius 2 is 1.70 bits per heavy atom. The monoisotopic (exact) mass is 410 g/mol. The molecule has 1 N–H and O–H groups in total. The number of ether oxygens (including phenoxy) is 1. The number of nitrogens with zero attached hydrogens (tertiary/aromatic N) is 1. The van der Waals surface area contributed by atoms with Crippen LogP contribution in [0.25, 0.3) is 0 Å². The third-order valence-corrected chi connectivity index (χ3v) is 5.94. The van der Waals surface area contributed by atoms with Gasteiger partial charge in [0.05, 0.1) is 16.9 Å². The minimum absolute atomic E-state index is 0.0408. The number of hydrogen-bond acceptors (Lipinski definition) is 4. The van der Waals surface area contributed by atoms with Crippen LogP contribution in [0.1, 0.15) is 62.1 Å². The minimum Gasteiger partial charge on any atom is -0.493 e. The van der Waals surface area contributed by atoms with Gasteiger partial charge in [-0.25, -0.2) is 0 Å². The third kappa shape index (κ3) is 4.48. The summed E-state index contributed by atoms with van der Waals surface area (Å²) in [5, 5.41) is 14.1. The number of rotatable bonds is 7. The molecular formula is C24H30N2O4. The first-order valence-corrected chi connectivity index (χ1v) is 10.7. The van der Waals surface area contributed by atoms with Crippen molar-refractivity contribution in [1.29, 1.82) is 0 Å². The maximum absolute atomic E-state index is 13.5. The Morgan fingerprint density at radius 3 is 2.23 bits per heavy atom. The van der Waals surface area contributed by atoms with Crippen molar-refractivity contribution in [1.82, 2.24) is 0 Å². The standard InChI is InChI=1S/C24H30N2O4/c1-4-14-30-22-17(2)15-20(16-18(22)3)25-23(27)24(12-6-5-7-13-24)19-8-10-21(11-9-19)26(28)29/h8-11,15-16H,4-7,12-14H2,1-3H3,(H,25,27). The molecule has 0 saturated heterocycles. The van der Waals surface area contributed by atoms with Crippen LogP contribution in [0, 0.1) is 24.0 Å². The molecule has 0 atom stereocenters. The second-order valence-corrected chi connectivity index (χ2v) is 8.19.